The Kier molecular flexibility index (Phi) is 6.43. The molecule has 120 valence electrons. The Morgan fingerprint density at radius 3 is 2.25 bits per heavy atom. The Bertz CT molecular complexity index is 817. The fourth-order valence-electron chi connectivity index (χ4n) is 2.08. The van der Waals surface area contributed by atoms with Gasteiger partial charge in [-0.3, -0.25) is 9.78 Å². The van der Waals surface area contributed by atoms with E-state index >= 15 is 0 Å². The van der Waals surface area contributed by atoms with Crippen LogP contribution >= 0.6 is 0 Å². The molecule has 0 bridgehead atoms. The zero-order valence-corrected chi connectivity index (χ0v) is 13.9. The van der Waals surface area contributed by atoms with Gasteiger partial charge in [0.05, 0.1) is 0 Å². The number of nitrogens with zero attached hydrogens (tertiary/aromatic N) is 3. The van der Waals surface area contributed by atoms with E-state index in [-0.39, 0.29) is 23.0 Å². The number of rotatable bonds is 2. The Labute approximate surface area is 151 Å². The fourth-order valence-corrected chi connectivity index (χ4v) is 2.08. The predicted molar refractivity (Wildman–Crippen MR) is 89.3 cm³/mol. The van der Waals surface area contributed by atoms with Crippen molar-refractivity contribution in [1.29, 1.82) is 0 Å². The molecule has 0 saturated carbocycles. The molecule has 0 aliphatic carbocycles. The summed E-state index contributed by atoms with van der Waals surface area (Å²) in [7, 11) is 0. The molecule has 2 aromatic carbocycles. The molecular weight excluding hydrogens is 342 g/mol. The number of aromatic nitrogens is 3. The van der Waals surface area contributed by atoms with Crippen LogP contribution in [0.4, 0.5) is 0 Å². The molecule has 0 spiro atoms. The van der Waals surface area contributed by atoms with Crippen LogP contribution in [0.15, 0.2) is 91.4 Å². The molecule has 2 aromatic heterocycles. The van der Waals surface area contributed by atoms with Gasteiger partial charge in [-0.25, -0.2) is 16.8 Å². The molecule has 2 heterocycles. The summed E-state index contributed by atoms with van der Waals surface area (Å²) in [5, 5.41) is 4.28. The maximum absolute atomic E-state index is 12.1. The largest absolute Gasteiger partial charge is 2.00 e. The average Bonchev–Trinajstić information content (AvgIpc) is 3.38. The van der Waals surface area contributed by atoms with Crippen molar-refractivity contribution < 1.29 is 21.9 Å². The van der Waals surface area contributed by atoms with Crippen molar-refractivity contribution >= 4 is 5.91 Å². The predicted octanol–water partition coefficient (Wildman–Crippen LogP) is 3.76. The zero-order chi connectivity index (χ0) is 15.9. The third-order valence-electron chi connectivity index (χ3n) is 3.24. The first kappa shape index (κ1) is 17.6. The molecule has 4 rings (SSSR count). The van der Waals surface area contributed by atoms with Gasteiger partial charge < -0.3 is 0 Å². The molecule has 0 aliphatic rings. The van der Waals surface area contributed by atoms with Gasteiger partial charge >= 0.3 is 17.1 Å². The van der Waals surface area contributed by atoms with Gasteiger partial charge in [0.1, 0.15) is 0 Å². The zero-order valence-electron chi connectivity index (χ0n) is 12.8. The number of carbonyl (C=O) groups is 1. The molecule has 0 atom stereocenters. The molecule has 0 aliphatic heterocycles. The molecule has 0 radical (unpaired) electrons. The second kappa shape index (κ2) is 8.77. The smallest absolute Gasteiger partial charge is 0.267 e. The molecule has 0 N–H and O–H groups in total. The van der Waals surface area contributed by atoms with Gasteiger partial charge in [0, 0.05) is 23.7 Å². The summed E-state index contributed by atoms with van der Waals surface area (Å²) in [5.41, 5.74) is 2.38. The van der Waals surface area contributed by atoms with Crippen molar-refractivity contribution in [3.8, 4) is 11.3 Å². The minimum atomic E-state index is -0.157. The van der Waals surface area contributed by atoms with Crippen LogP contribution in [0.5, 0.6) is 0 Å². The van der Waals surface area contributed by atoms with Crippen LogP contribution in [0.1, 0.15) is 10.4 Å². The second-order valence-electron chi connectivity index (χ2n) is 4.82. The second-order valence-corrected chi connectivity index (χ2v) is 4.82. The third-order valence-corrected chi connectivity index (χ3v) is 3.24. The van der Waals surface area contributed by atoms with E-state index < -0.39 is 0 Å². The summed E-state index contributed by atoms with van der Waals surface area (Å²) in [6.07, 6.45) is 4.86. The van der Waals surface area contributed by atoms with Gasteiger partial charge in [-0.2, -0.15) is 35.4 Å². The maximum Gasteiger partial charge on any atom is 2.00 e. The van der Waals surface area contributed by atoms with Crippen LogP contribution in [0, 0.1) is 0 Å². The summed E-state index contributed by atoms with van der Waals surface area (Å²) < 4.78 is 1.34. The minimum Gasteiger partial charge on any atom is -0.267 e. The molecule has 4 nitrogen and oxygen atoms in total. The number of carbonyl (C=O) groups excluding carboxylic acids is 1. The Hall–Kier alpha value is -2.75. The fraction of sp³-hybridized carbons (Fsp3) is 0. The third kappa shape index (κ3) is 4.38. The SMILES string of the molecule is O=C(c1ccncc1)n1ccc(-[c-]2cccc2)n1.[Fe+2].c1cc[cH-]c1. The van der Waals surface area contributed by atoms with E-state index in [2.05, 4.69) is 10.1 Å². The van der Waals surface area contributed by atoms with E-state index in [1.54, 1.807) is 30.7 Å². The monoisotopic (exact) mass is 357 g/mol. The summed E-state index contributed by atoms with van der Waals surface area (Å²) in [6.45, 7) is 0. The molecule has 24 heavy (non-hydrogen) atoms. The van der Waals surface area contributed by atoms with Crippen LogP contribution in [0.25, 0.3) is 11.3 Å². The quantitative estimate of drug-likeness (QED) is 0.406. The van der Waals surface area contributed by atoms with Crippen LogP contribution in [0.3, 0.4) is 0 Å². The van der Waals surface area contributed by atoms with Gasteiger partial charge in [0.2, 0.25) is 0 Å². The first-order valence-electron chi connectivity index (χ1n) is 7.24. The van der Waals surface area contributed by atoms with Crippen molar-refractivity contribution in [1.82, 2.24) is 14.8 Å². The van der Waals surface area contributed by atoms with Crippen LogP contribution in [0.2, 0.25) is 0 Å². The van der Waals surface area contributed by atoms with Gasteiger partial charge in [-0.1, -0.05) is 11.6 Å². The summed E-state index contributed by atoms with van der Waals surface area (Å²) in [6, 6.07) is 23.0. The summed E-state index contributed by atoms with van der Waals surface area (Å²) in [5.74, 6) is -0.157. The molecular formula is C19H15FeN3O. The van der Waals surface area contributed by atoms with Crippen molar-refractivity contribution in [3.63, 3.8) is 0 Å². The van der Waals surface area contributed by atoms with Gasteiger partial charge in [-0.15, -0.1) is 12.1 Å². The van der Waals surface area contributed by atoms with E-state index in [1.165, 1.54) is 4.68 Å². The molecule has 5 heteroatoms. The van der Waals surface area contributed by atoms with Gasteiger partial charge in [0.25, 0.3) is 5.91 Å². The topological polar surface area (TPSA) is 47.8 Å². The minimum absolute atomic E-state index is 0. The van der Waals surface area contributed by atoms with Crippen molar-refractivity contribution in [2.75, 3.05) is 0 Å². The molecule has 0 unspecified atom stereocenters. The van der Waals surface area contributed by atoms with E-state index in [9.17, 15) is 4.79 Å². The standard InChI is InChI=1S/C14H10N3O.C5H5.Fe/c18-14(12-5-8-15-9-6-12)17-10-7-13(16-17)11-3-1-2-4-11;1-2-4-5-3-1;/h1-10H;1-5H;/q2*-1;+2. The first-order chi connectivity index (χ1) is 11.3. The van der Waals surface area contributed by atoms with Crippen molar-refractivity contribution in [3.05, 3.63) is 97.0 Å². The van der Waals surface area contributed by atoms with Crippen LogP contribution < -0.4 is 0 Å². The first-order valence-corrected chi connectivity index (χ1v) is 7.24. The molecule has 4 aromatic rings. The van der Waals surface area contributed by atoms with E-state index in [1.807, 2.05) is 60.7 Å². The van der Waals surface area contributed by atoms with Gasteiger partial charge in [-0.05, 0) is 18.3 Å². The van der Waals surface area contributed by atoms with Crippen molar-refractivity contribution in [2.45, 2.75) is 0 Å². The number of hydrogen-bond acceptors (Lipinski definition) is 3. The normalized spacial score (nSPS) is 9.50. The van der Waals surface area contributed by atoms with Gasteiger partial charge in [0.15, 0.2) is 0 Å². The number of hydrogen-bond donors (Lipinski definition) is 0. The van der Waals surface area contributed by atoms with E-state index in [0.29, 0.717) is 5.56 Å². The Morgan fingerprint density at radius 2 is 1.67 bits per heavy atom. The molecule has 0 amide bonds. The molecule has 0 fully saturated rings. The average molecular weight is 357 g/mol. The Morgan fingerprint density at radius 1 is 1.00 bits per heavy atom. The van der Waals surface area contributed by atoms with Crippen LogP contribution in [-0.2, 0) is 17.1 Å². The maximum atomic E-state index is 12.1. The van der Waals surface area contributed by atoms with E-state index in [4.69, 9.17) is 0 Å². The summed E-state index contributed by atoms with van der Waals surface area (Å²) >= 11 is 0. The Balaban J connectivity index is 0.000000300. The summed E-state index contributed by atoms with van der Waals surface area (Å²) in [4.78, 5) is 16.0. The van der Waals surface area contributed by atoms with E-state index in [0.717, 1.165) is 11.3 Å². The van der Waals surface area contributed by atoms with Crippen LogP contribution in [-0.4, -0.2) is 20.7 Å². The van der Waals surface area contributed by atoms with Crippen molar-refractivity contribution in [2.24, 2.45) is 0 Å². The number of pyridine rings is 1. The molecule has 0 saturated heterocycles.